The molecule has 1 aliphatic heterocycles. The first-order valence-corrected chi connectivity index (χ1v) is 11.5. The van der Waals surface area contributed by atoms with Crippen molar-refractivity contribution in [3.05, 3.63) is 106 Å². The molecule has 1 N–H and O–H groups in total. The van der Waals surface area contributed by atoms with Crippen LogP contribution in [0.25, 0.3) is 11.1 Å². The number of halogens is 1. The highest BCUT2D eigenvalue weighted by atomic mass is 19.1. The molecule has 0 bridgehead atoms. The molecule has 1 aliphatic rings. The Bertz CT molecular complexity index is 1340. The van der Waals surface area contributed by atoms with Crippen molar-refractivity contribution in [2.24, 2.45) is 0 Å². The van der Waals surface area contributed by atoms with E-state index < -0.39 is 5.76 Å². The molecular formula is C27H26FN3O3. The molecule has 6 nitrogen and oxygen atoms in total. The molecule has 4 aromatic rings. The third kappa shape index (κ3) is 4.94. The summed E-state index contributed by atoms with van der Waals surface area (Å²) >= 11 is 0. The maximum Gasteiger partial charge on any atom is 0.420 e. The van der Waals surface area contributed by atoms with Gasteiger partial charge in [-0.1, -0.05) is 42.5 Å². The van der Waals surface area contributed by atoms with Crippen LogP contribution < -0.4 is 11.1 Å². The van der Waals surface area contributed by atoms with Crippen LogP contribution in [0.1, 0.15) is 34.3 Å². The lowest BCUT2D eigenvalue weighted by molar-refractivity contribution is 0.0909. The highest BCUT2D eigenvalue weighted by Gasteiger charge is 2.22. The number of carbonyl (C=O) groups is 1. The van der Waals surface area contributed by atoms with Gasteiger partial charge < -0.3 is 9.73 Å². The molecule has 5 rings (SSSR count). The van der Waals surface area contributed by atoms with Crippen LogP contribution in [0.15, 0.2) is 82.0 Å². The molecule has 0 aliphatic carbocycles. The van der Waals surface area contributed by atoms with Crippen LogP contribution in [0.3, 0.4) is 0 Å². The van der Waals surface area contributed by atoms with Gasteiger partial charge in [0.25, 0.3) is 5.91 Å². The van der Waals surface area contributed by atoms with E-state index in [1.54, 1.807) is 30.3 Å². The van der Waals surface area contributed by atoms with Crippen LogP contribution in [-0.2, 0) is 13.1 Å². The topological polar surface area (TPSA) is 67.5 Å². The number of nitrogens with zero attached hydrogens (tertiary/aromatic N) is 2. The minimum Gasteiger partial charge on any atom is -0.408 e. The lowest BCUT2D eigenvalue weighted by Crippen LogP contribution is -2.44. The van der Waals surface area contributed by atoms with Gasteiger partial charge in [-0.25, -0.2) is 9.18 Å². The zero-order chi connectivity index (χ0) is 23.5. The summed E-state index contributed by atoms with van der Waals surface area (Å²) in [6.07, 6.45) is 1.78. The molecule has 1 amide bonds. The first-order valence-electron chi connectivity index (χ1n) is 11.5. The van der Waals surface area contributed by atoms with Gasteiger partial charge in [0.2, 0.25) is 0 Å². The van der Waals surface area contributed by atoms with Crippen molar-refractivity contribution < 1.29 is 13.6 Å². The van der Waals surface area contributed by atoms with Gasteiger partial charge in [-0.2, -0.15) is 0 Å². The molecule has 0 unspecified atom stereocenters. The molecule has 0 atom stereocenters. The van der Waals surface area contributed by atoms with Gasteiger partial charge in [0, 0.05) is 31.2 Å². The van der Waals surface area contributed by atoms with Gasteiger partial charge in [0.15, 0.2) is 5.58 Å². The normalized spacial score (nSPS) is 15.0. The van der Waals surface area contributed by atoms with Crippen molar-refractivity contribution in [2.75, 3.05) is 13.1 Å². The molecule has 1 fully saturated rings. The van der Waals surface area contributed by atoms with E-state index in [1.165, 1.54) is 22.3 Å². The predicted molar refractivity (Wildman–Crippen MR) is 128 cm³/mol. The molecule has 3 aromatic carbocycles. The van der Waals surface area contributed by atoms with Gasteiger partial charge in [-0.3, -0.25) is 14.3 Å². The first-order chi connectivity index (χ1) is 16.5. The van der Waals surface area contributed by atoms with E-state index in [-0.39, 0.29) is 24.3 Å². The number of hydrogen-bond donors (Lipinski definition) is 1. The third-order valence-electron chi connectivity index (χ3n) is 6.36. The van der Waals surface area contributed by atoms with Crippen LogP contribution in [0.2, 0.25) is 0 Å². The Morgan fingerprint density at radius 1 is 0.941 bits per heavy atom. The maximum atomic E-state index is 13.2. The number of piperidine rings is 1. The minimum absolute atomic E-state index is 0.112. The fraction of sp³-hybridized carbons (Fsp3) is 0.259. The van der Waals surface area contributed by atoms with Crippen molar-refractivity contribution >= 4 is 17.0 Å². The standard InChI is InChI=1S/C27H26FN3O3/c28-22-9-6-20(7-10-22)18-31-24-16-21(8-11-25(24)34-27(31)33)26(32)29-23-12-14-30(15-13-23)17-19-4-2-1-3-5-19/h1-11,16,23H,12-15,17-18H2,(H,29,32). The highest BCUT2D eigenvalue weighted by Crippen LogP contribution is 2.19. The molecule has 0 spiro atoms. The van der Waals surface area contributed by atoms with E-state index in [0.717, 1.165) is 38.0 Å². The van der Waals surface area contributed by atoms with Gasteiger partial charge in [0.1, 0.15) is 5.82 Å². The van der Waals surface area contributed by atoms with Crippen LogP contribution in [0.4, 0.5) is 4.39 Å². The van der Waals surface area contributed by atoms with E-state index in [9.17, 15) is 14.0 Å². The largest absolute Gasteiger partial charge is 0.420 e. The zero-order valence-corrected chi connectivity index (χ0v) is 18.7. The summed E-state index contributed by atoms with van der Waals surface area (Å²) in [5.41, 5.74) is 3.50. The Labute approximate surface area is 196 Å². The molecule has 0 saturated carbocycles. The van der Waals surface area contributed by atoms with Gasteiger partial charge >= 0.3 is 5.76 Å². The van der Waals surface area contributed by atoms with Crippen LogP contribution >= 0.6 is 0 Å². The zero-order valence-electron chi connectivity index (χ0n) is 18.7. The Morgan fingerprint density at radius 3 is 2.38 bits per heavy atom. The number of oxazole rings is 1. The second-order valence-corrected chi connectivity index (χ2v) is 8.77. The van der Waals surface area contributed by atoms with Gasteiger partial charge in [-0.15, -0.1) is 0 Å². The number of amides is 1. The van der Waals surface area contributed by atoms with E-state index in [2.05, 4.69) is 34.5 Å². The van der Waals surface area contributed by atoms with Crippen molar-refractivity contribution in [1.82, 2.24) is 14.8 Å². The van der Waals surface area contributed by atoms with Crippen LogP contribution in [0.5, 0.6) is 0 Å². The van der Waals surface area contributed by atoms with Crippen LogP contribution in [0, 0.1) is 5.82 Å². The highest BCUT2D eigenvalue weighted by molar-refractivity contribution is 5.97. The second-order valence-electron chi connectivity index (χ2n) is 8.77. The number of hydrogen-bond acceptors (Lipinski definition) is 4. The second kappa shape index (κ2) is 9.65. The smallest absolute Gasteiger partial charge is 0.408 e. The lowest BCUT2D eigenvalue weighted by atomic mass is 10.0. The number of benzene rings is 3. The Hall–Kier alpha value is -3.71. The quantitative estimate of drug-likeness (QED) is 0.470. The summed E-state index contributed by atoms with van der Waals surface area (Å²) in [7, 11) is 0. The Morgan fingerprint density at radius 2 is 1.65 bits per heavy atom. The monoisotopic (exact) mass is 459 g/mol. The molecule has 174 valence electrons. The molecule has 7 heteroatoms. The van der Waals surface area contributed by atoms with E-state index in [4.69, 9.17) is 4.42 Å². The predicted octanol–water partition coefficient (Wildman–Crippen LogP) is 4.18. The van der Waals surface area contributed by atoms with Crippen LogP contribution in [-0.4, -0.2) is 34.5 Å². The SMILES string of the molecule is O=C(NC1CCN(Cc2ccccc2)CC1)c1ccc2oc(=O)n(Cc3ccc(F)cc3)c2c1. The number of rotatable bonds is 6. The van der Waals surface area contributed by atoms with Crippen molar-refractivity contribution in [3.8, 4) is 0 Å². The van der Waals surface area contributed by atoms with Crippen molar-refractivity contribution in [3.63, 3.8) is 0 Å². The number of nitrogens with one attached hydrogen (secondary N) is 1. The first kappa shape index (κ1) is 22.1. The summed E-state index contributed by atoms with van der Waals surface area (Å²) in [4.78, 5) is 27.8. The third-order valence-corrected chi connectivity index (χ3v) is 6.36. The Balaban J connectivity index is 1.25. The average molecular weight is 460 g/mol. The molecule has 2 heterocycles. The van der Waals surface area contributed by atoms with Gasteiger partial charge in [0.05, 0.1) is 12.1 Å². The lowest BCUT2D eigenvalue weighted by Gasteiger charge is -2.32. The minimum atomic E-state index is -0.511. The molecular weight excluding hydrogens is 433 g/mol. The summed E-state index contributed by atoms with van der Waals surface area (Å²) in [5.74, 6) is -1.01. The maximum absolute atomic E-state index is 13.2. The van der Waals surface area contributed by atoms with E-state index >= 15 is 0 Å². The molecule has 0 radical (unpaired) electrons. The number of carbonyl (C=O) groups excluding carboxylic acids is 1. The molecule has 1 saturated heterocycles. The summed E-state index contributed by atoms with van der Waals surface area (Å²) in [5, 5.41) is 3.14. The van der Waals surface area contributed by atoms with E-state index in [1.807, 2.05) is 6.07 Å². The fourth-order valence-electron chi connectivity index (χ4n) is 4.47. The molecule has 34 heavy (non-hydrogen) atoms. The van der Waals surface area contributed by atoms with Crippen molar-refractivity contribution in [1.29, 1.82) is 0 Å². The fourth-order valence-corrected chi connectivity index (χ4v) is 4.47. The van der Waals surface area contributed by atoms with Gasteiger partial charge in [-0.05, 0) is 54.3 Å². The summed E-state index contributed by atoms with van der Waals surface area (Å²) in [6, 6.07) is 21.5. The average Bonchev–Trinajstić information content (AvgIpc) is 3.16. The van der Waals surface area contributed by atoms with Crippen molar-refractivity contribution in [2.45, 2.75) is 32.0 Å². The Kier molecular flexibility index (Phi) is 6.27. The number of aromatic nitrogens is 1. The number of fused-ring (bicyclic) bond motifs is 1. The summed E-state index contributed by atoms with van der Waals surface area (Å²) < 4.78 is 20.0. The van der Waals surface area contributed by atoms with E-state index in [0.29, 0.717) is 16.7 Å². The number of likely N-dealkylation sites (tertiary alicyclic amines) is 1. The summed E-state index contributed by atoms with van der Waals surface area (Å²) in [6.45, 7) is 3.01. The molecule has 1 aromatic heterocycles.